The quantitative estimate of drug-likeness (QED) is 0.209. The molecule has 1 atom stereocenters. The van der Waals surface area contributed by atoms with Crippen molar-refractivity contribution in [3.8, 4) is 0 Å². The number of benzene rings is 1. The average Bonchev–Trinajstić information content (AvgIpc) is 2.84. The maximum absolute atomic E-state index is 14.0. The molecule has 4 N–H and O–H groups in total. The van der Waals surface area contributed by atoms with Crippen molar-refractivity contribution in [1.29, 1.82) is 0 Å². The first-order valence-corrected chi connectivity index (χ1v) is 11.3. The summed E-state index contributed by atoms with van der Waals surface area (Å²) in [6.07, 6.45) is 3.33. The minimum Gasteiger partial charge on any atom is -0.394 e. The number of aliphatic hydroxyl groups excluding tert-OH is 1. The van der Waals surface area contributed by atoms with Gasteiger partial charge in [0.2, 0.25) is 0 Å². The second-order valence-corrected chi connectivity index (χ2v) is 8.35. The maximum Gasteiger partial charge on any atom is 0.292 e. The number of hydrogen-bond donors (Lipinski definition) is 4. The van der Waals surface area contributed by atoms with Crippen LogP contribution in [0.15, 0.2) is 52.7 Å². The fraction of sp³-hybridized carbons (Fsp3) is 0.227. The number of pyridine rings is 1. The SMILES string of the molecule is C[C@H](CO)Nc1nc(SCc2cccc(F)c2F)nc2[nH]c(=O)c(NCc3cccnc3)nc12. The minimum atomic E-state index is -0.934. The molecule has 0 amide bonds. The third-order valence-electron chi connectivity index (χ3n) is 4.76. The molecule has 3 aromatic heterocycles. The molecule has 0 aliphatic heterocycles. The lowest BCUT2D eigenvalue weighted by Gasteiger charge is -2.14. The Morgan fingerprint density at radius 2 is 2.00 bits per heavy atom. The zero-order valence-electron chi connectivity index (χ0n) is 18.0. The van der Waals surface area contributed by atoms with Crippen LogP contribution < -0.4 is 16.2 Å². The first-order valence-electron chi connectivity index (χ1n) is 10.3. The normalized spacial score (nSPS) is 12.0. The molecule has 0 aliphatic carbocycles. The molecular weight excluding hydrogens is 464 g/mol. The molecular formula is C22H21F2N7O2S. The van der Waals surface area contributed by atoms with Crippen LogP contribution >= 0.6 is 11.8 Å². The number of thioether (sulfide) groups is 1. The summed E-state index contributed by atoms with van der Waals surface area (Å²) in [7, 11) is 0. The molecule has 1 aromatic carbocycles. The van der Waals surface area contributed by atoms with Crippen LogP contribution in [0.2, 0.25) is 0 Å². The highest BCUT2D eigenvalue weighted by molar-refractivity contribution is 7.98. The van der Waals surface area contributed by atoms with E-state index >= 15 is 0 Å². The van der Waals surface area contributed by atoms with E-state index in [0.29, 0.717) is 6.54 Å². The Labute approximate surface area is 197 Å². The van der Waals surface area contributed by atoms with Gasteiger partial charge in [0.05, 0.1) is 6.61 Å². The molecule has 4 rings (SSSR count). The molecule has 176 valence electrons. The summed E-state index contributed by atoms with van der Waals surface area (Å²) >= 11 is 1.07. The zero-order valence-corrected chi connectivity index (χ0v) is 18.9. The Balaban J connectivity index is 1.65. The Kier molecular flexibility index (Phi) is 7.28. The van der Waals surface area contributed by atoms with E-state index in [2.05, 4.69) is 35.6 Å². The Bertz CT molecular complexity index is 1350. The molecule has 0 bridgehead atoms. The summed E-state index contributed by atoms with van der Waals surface area (Å²) in [5, 5.41) is 15.7. The number of anilines is 2. The number of rotatable bonds is 9. The van der Waals surface area contributed by atoms with Crippen molar-refractivity contribution in [1.82, 2.24) is 24.9 Å². The lowest BCUT2D eigenvalue weighted by molar-refractivity contribution is 0.281. The van der Waals surface area contributed by atoms with Crippen molar-refractivity contribution < 1.29 is 13.9 Å². The van der Waals surface area contributed by atoms with Gasteiger partial charge in [0.15, 0.2) is 39.6 Å². The summed E-state index contributed by atoms with van der Waals surface area (Å²) in [6.45, 7) is 1.91. The number of aromatic nitrogens is 5. The highest BCUT2D eigenvalue weighted by Gasteiger charge is 2.16. The first kappa shape index (κ1) is 23.5. The monoisotopic (exact) mass is 485 g/mol. The lowest BCUT2D eigenvalue weighted by Crippen LogP contribution is -2.22. The summed E-state index contributed by atoms with van der Waals surface area (Å²) in [5.74, 6) is -1.43. The van der Waals surface area contributed by atoms with Crippen LogP contribution in [0.25, 0.3) is 11.2 Å². The van der Waals surface area contributed by atoms with E-state index in [1.54, 1.807) is 25.4 Å². The van der Waals surface area contributed by atoms with E-state index in [1.165, 1.54) is 12.1 Å². The molecule has 4 aromatic rings. The molecule has 0 radical (unpaired) electrons. The van der Waals surface area contributed by atoms with E-state index in [4.69, 9.17) is 0 Å². The van der Waals surface area contributed by atoms with Gasteiger partial charge in [0.25, 0.3) is 5.56 Å². The molecule has 0 aliphatic rings. The molecule has 12 heteroatoms. The standard InChI is InChI=1S/C22H21F2N7O2S/c1-12(10-32)27-18-17-19(29-21(33)20(28-17)26-9-13-4-3-7-25-8-13)31-22(30-18)34-11-14-5-2-6-15(23)16(14)24/h2-8,12,32H,9-11H2,1H3,(H,26,28)(H2,27,29,30,31,33)/t12-/m1/s1. The number of H-pyrrole nitrogens is 1. The predicted octanol–water partition coefficient (Wildman–Crippen LogP) is 3.08. The molecule has 0 unspecified atom stereocenters. The number of nitrogens with one attached hydrogen (secondary N) is 3. The van der Waals surface area contributed by atoms with Gasteiger partial charge in [-0.25, -0.2) is 23.7 Å². The topological polar surface area (TPSA) is 129 Å². The molecule has 9 nitrogen and oxygen atoms in total. The van der Waals surface area contributed by atoms with E-state index in [1.807, 2.05) is 6.07 Å². The largest absolute Gasteiger partial charge is 0.394 e. The van der Waals surface area contributed by atoms with Gasteiger partial charge in [-0.05, 0) is 24.6 Å². The number of aliphatic hydroxyl groups is 1. The van der Waals surface area contributed by atoms with Crippen LogP contribution in [0.5, 0.6) is 0 Å². The number of halogens is 2. The summed E-state index contributed by atoms with van der Waals surface area (Å²) in [4.78, 5) is 32.5. The van der Waals surface area contributed by atoms with Crippen LogP contribution in [-0.4, -0.2) is 42.7 Å². The molecule has 3 heterocycles. The van der Waals surface area contributed by atoms with Crippen LogP contribution in [0, 0.1) is 11.6 Å². The zero-order chi connectivity index (χ0) is 24.1. The van der Waals surface area contributed by atoms with Crippen molar-refractivity contribution in [3.05, 3.63) is 75.8 Å². The van der Waals surface area contributed by atoms with Gasteiger partial charge in [0.1, 0.15) is 0 Å². The number of hydrogen-bond acceptors (Lipinski definition) is 9. The first-order chi connectivity index (χ1) is 16.4. The number of nitrogens with zero attached hydrogens (tertiary/aromatic N) is 4. The van der Waals surface area contributed by atoms with E-state index in [0.717, 1.165) is 23.4 Å². The molecule has 0 saturated heterocycles. The predicted molar refractivity (Wildman–Crippen MR) is 126 cm³/mol. The van der Waals surface area contributed by atoms with Gasteiger partial charge in [-0.15, -0.1) is 0 Å². The summed E-state index contributed by atoms with van der Waals surface area (Å²) < 4.78 is 27.5. The fourth-order valence-corrected chi connectivity index (χ4v) is 3.83. The Morgan fingerprint density at radius 1 is 1.15 bits per heavy atom. The Hall–Kier alpha value is -3.64. The Morgan fingerprint density at radius 3 is 2.76 bits per heavy atom. The van der Waals surface area contributed by atoms with Gasteiger partial charge >= 0.3 is 0 Å². The van der Waals surface area contributed by atoms with Gasteiger partial charge < -0.3 is 20.7 Å². The van der Waals surface area contributed by atoms with Crippen molar-refractivity contribution in [2.75, 3.05) is 17.2 Å². The summed E-state index contributed by atoms with van der Waals surface area (Å²) in [6, 6.07) is 7.23. The van der Waals surface area contributed by atoms with Gasteiger partial charge in [-0.1, -0.05) is 30.0 Å². The van der Waals surface area contributed by atoms with Gasteiger partial charge in [0, 0.05) is 36.3 Å². The van der Waals surface area contributed by atoms with E-state index < -0.39 is 17.2 Å². The van der Waals surface area contributed by atoms with Crippen molar-refractivity contribution in [3.63, 3.8) is 0 Å². The van der Waals surface area contributed by atoms with Gasteiger partial charge in [-0.2, -0.15) is 0 Å². The number of aromatic amines is 1. The molecule has 0 saturated carbocycles. The van der Waals surface area contributed by atoms with Crippen LogP contribution in [0.4, 0.5) is 20.4 Å². The maximum atomic E-state index is 14.0. The van der Waals surface area contributed by atoms with Crippen molar-refractivity contribution in [2.45, 2.75) is 30.4 Å². The van der Waals surface area contributed by atoms with Crippen LogP contribution in [0.1, 0.15) is 18.1 Å². The minimum absolute atomic E-state index is 0.0712. The smallest absolute Gasteiger partial charge is 0.292 e. The van der Waals surface area contributed by atoms with Crippen molar-refractivity contribution in [2.24, 2.45) is 0 Å². The average molecular weight is 486 g/mol. The van der Waals surface area contributed by atoms with Crippen LogP contribution in [0.3, 0.4) is 0 Å². The van der Waals surface area contributed by atoms with Crippen LogP contribution in [-0.2, 0) is 12.3 Å². The highest BCUT2D eigenvalue weighted by atomic mass is 32.2. The molecule has 0 fully saturated rings. The highest BCUT2D eigenvalue weighted by Crippen LogP contribution is 2.26. The second kappa shape index (κ2) is 10.5. The van der Waals surface area contributed by atoms with E-state index in [-0.39, 0.29) is 51.9 Å². The summed E-state index contributed by atoms with van der Waals surface area (Å²) in [5.41, 5.74) is 0.997. The third kappa shape index (κ3) is 5.46. The number of fused-ring (bicyclic) bond motifs is 1. The van der Waals surface area contributed by atoms with E-state index in [9.17, 15) is 18.7 Å². The third-order valence-corrected chi connectivity index (χ3v) is 5.66. The second-order valence-electron chi connectivity index (χ2n) is 7.41. The molecule has 34 heavy (non-hydrogen) atoms. The van der Waals surface area contributed by atoms with Gasteiger partial charge in [-0.3, -0.25) is 9.78 Å². The molecule has 0 spiro atoms. The fourth-order valence-electron chi connectivity index (χ4n) is 3.01. The van der Waals surface area contributed by atoms with Crippen molar-refractivity contribution >= 4 is 34.6 Å². The lowest BCUT2D eigenvalue weighted by atomic mass is 10.2.